The zero-order valence-corrected chi connectivity index (χ0v) is 17.0. The van der Waals surface area contributed by atoms with E-state index in [2.05, 4.69) is 19.2 Å². The Morgan fingerprint density at radius 1 is 1.13 bits per heavy atom. The van der Waals surface area contributed by atoms with Gasteiger partial charge in [0.15, 0.2) is 0 Å². The van der Waals surface area contributed by atoms with Crippen LogP contribution in [0.1, 0.15) is 46.8 Å². The van der Waals surface area contributed by atoms with Gasteiger partial charge in [-0.05, 0) is 60.4 Å². The van der Waals surface area contributed by atoms with E-state index in [0.717, 1.165) is 23.3 Å². The van der Waals surface area contributed by atoms with Gasteiger partial charge < -0.3 is 14.5 Å². The largest absolute Gasteiger partial charge is 0.459 e. The number of amides is 1. The molecule has 0 atom stereocenters. The van der Waals surface area contributed by atoms with Gasteiger partial charge in [0.25, 0.3) is 5.91 Å². The molecule has 3 aromatic rings. The van der Waals surface area contributed by atoms with Crippen LogP contribution in [-0.2, 0) is 16.1 Å². The van der Waals surface area contributed by atoms with Crippen LogP contribution in [0.5, 0.6) is 0 Å². The summed E-state index contributed by atoms with van der Waals surface area (Å²) in [4.78, 5) is 35.9. The molecule has 0 fully saturated rings. The quantitative estimate of drug-likeness (QED) is 0.492. The number of benzene rings is 2. The van der Waals surface area contributed by atoms with Crippen LogP contribution < -0.4 is 10.9 Å². The van der Waals surface area contributed by atoms with Gasteiger partial charge in [0.2, 0.25) is 0 Å². The highest BCUT2D eigenvalue weighted by Crippen LogP contribution is 2.27. The molecule has 2 aromatic carbocycles. The van der Waals surface area contributed by atoms with Gasteiger partial charge in [0.1, 0.15) is 24.6 Å². The van der Waals surface area contributed by atoms with E-state index >= 15 is 0 Å². The molecule has 156 valence electrons. The molecule has 0 bridgehead atoms. The van der Waals surface area contributed by atoms with Crippen LogP contribution >= 0.6 is 0 Å². The van der Waals surface area contributed by atoms with E-state index in [0.29, 0.717) is 16.5 Å². The minimum Gasteiger partial charge on any atom is -0.459 e. The predicted octanol–water partition coefficient (Wildman–Crippen LogP) is 3.84. The number of ether oxygens (including phenoxy) is 1. The molecule has 1 aromatic heterocycles. The van der Waals surface area contributed by atoms with Crippen LogP contribution in [-0.4, -0.2) is 18.4 Å². The molecular formula is C23H22FNO5. The number of hydrogen-bond acceptors (Lipinski definition) is 5. The van der Waals surface area contributed by atoms with Crippen molar-refractivity contribution < 1.29 is 23.1 Å². The van der Waals surface area contributed by atoms with Gasteiger partial charge in [-0.25, -0.2) is 9.18 Å². The fourth-order valence-corrected chi connectivity index (χ4v) is 3.20. The van der Waals surface area contributed by atoms with Crippen LogP contribution in [0.2, 0.25) is 0 Å². The molecule has 7 heteroatoms. The van der Waals surface area contributed by atoms with Gasteiger partial charge in [-0.15, -0.1) is 0 Å². The van der Waals surface area contributed by atoms with E-state index in [-0.39, 0.29) is 24.6 Å². The number of halogens is 1. The van der Waals surface area contributed by atoms with Crippen molar-refractivity contribution >= 4 is 22.8 Å². The van der Waals surface area contributed by atoms with Crippen molar-refractivity contribution in [1.29, 1.82) is 0 Å². The fourth-order valence-electron chi connectivity index (χ4n) is 3.20. The van der Waals surface area contributed by atoms with Crippen LogP contribution in [0.3, 0.4) is 0 Å². The average Bonchev–Trinajstić information content (AvgIpc) is 2.69. The first kappa shape index (κ1) is 21.2. The van der Waals surface area contributed by atoms with Crippen LogP contribution in [0.4, 0.5) is 4.39 Å². The Bertz CT molecular complexity index is 1150. The third-order valence-electron chi connectivity index (χ3n) is 4.73. The van der Waals surface area contributed by atoms with E-state index in [9.17, 15) is 18.8 Å². The zero-order chi connectivity index (χ0) is 21.8. The molecule has 3 rings (SSSR count). The Balaban J connectivity index is 1.69. The highest BCUT2D eigenvalue weighted by molar-refractivity contribution is 5.95. The Morgan fingerprint density at radius 2 is 1.83 bits per heavy atom. The van der Waals surface area contributed by atoms with Crippen molar-refractivity contribution in [2.24, 2.45) is 0 Å². The molecular weight excluding hydrogens is 389 g/mol. The summed E-state index contributed by atoms with van der Waals surface area (Å²) in [6.45, 7) is 5.60. The van der Waals surface area contributed by atoms with Crippen LogP contribution in [0, 0.1) is 12.7 Å². The van der Waals surface area contributed by atoms with Crippen LogP contribution in [0.25, 0.3) is 11.0 Å². The number of aryl methyl sites for hydroxylation is 1. The van der Waals surface area contributed by atoms with Crippen molar-refractivity contribution in [3.05, 3.63) is 81.0 Å². The highest BCUT2D eigenvalue weighted by atomic mass is 19.1. The van der Waals surface area contributed by atoms with E-state index in [1.165, 1.54) is 18.2 Å². The lowest BCUT2D eigenvalue weighted by Gasteiger charge is -2.13. The molecule has 1 N–H and O–H groups in total. The summed E-state index contributed by atoms with van der Waals surface area (Å²) in [7, 11) is 0. The third kappa shape index (κ3) is 4.92. The molecule has 1 heterocycles. The molecule has 6 nitrogen and oxygen atoms in total. The molecule has 0 aliphatic carbocycles. The number of carbonyl (C=O) groups excluding carboxylic acids is 2. The summed E-state index contributed by atoms with van der Waals surface area (Å²) in [5.74, 6) is -1.36. The first-order chi connectivity index (χ1) is 14.2. The Labute approximate surface area is 172 Å². The van der Waals surface area contributed by atoms with Crippen molar-refractivity contribution in [2.45, 2.75) is 33.3 Å². The topological polar surface area (TPSA) is 85.6 Å². The van der Waals surface area contributed by atoms with Gasteiger partial charge in [0.05, 0.1) is 0 Å². The maximum absolute atomic E-state index is 12.9. The monoisotopic (exact) mass is 411 g/mol. The normalized spacial score (nSPS) is 11.0. The minimum absolute atomic E-state index is 0.131. The van der Waals surface area contributed by atoms with E-state index in [1.54, 1.807) is 6.07 Å². The number of esters is 1. The first-order valence-corrected chi connectivity index (χ1v) is 9.51. The third-order valence-corrected chi connectivity index (χ3v) is 4.73. The van der Waals surface area contributed by atoms with Gasteiger partial charge in [0, 0.05) is 22.6 Å². The molecule has 0 unspecified atom stereocenters. The summed E-state index contributed by atoms with van der Waals surface area (Å²) < 4.78 is 23.4. The van der Waals surface area contributed by atoms with E-state index in [4.69, 9.17) is 9.15 Å². The number of carbonyl (C=O) groups is 2. The Kier molecular flexibility index (Phi) is 6.30. The molecule has 0 radical (unpaired) electrons. The van der Waals surface area contributed by atoms with Crippen molar-refractivity contribution in [1.82, 2.24) is 5.32 Å². The van der Waals surface area contributed by atoms with E-state index < -0.39 is 23.3 Å². The molecule has 0 aliphatic rings. The zero-order valence-electron chi connectivity index (χ0n) is 17.0. The summed E-state index contributed by atoms with van der Waals surface area (Å²) >= 11 is 0. The lowest BCUT2D eigenvalue weighted by Crippen LogP contribution is -2.30. The lowest BCUT2D eigenvalue weighted by atomic mass is 9.95. The van der Waals surface area contributed by atoms with Crippen molar-refractivity contribution in [2.75, 3.05) is 6.54 Å². The Morgan fingerprint density at radius 3 is 2.50 bits per heavy atom. The van der Waals surface area contributed by atoms with Gasteiger partial charge in [-0.1, -0.05) is 13.8 Å². The van der Waals surface area contributed by atoms with E-state index in [1.807, 2.05) is 13.0 Å². The van der Waals surface area contributed by atoms with Gasteiger partial charge in [-0.3, -0.25) is 9.59 Å². The molecule has 0 saturated heterocycles. The van der Waals surface area contributed by atoms with Gasteiger partial charge in [-0.2, -0.15) is 0 Å². The maximum atomic E-state index is 12.9. The highest BCUT2D eigenvalue weighted by Gasteiger charge is 2.14. The molecule has 0 aliphatic heterocycles. The number of nitrogens with one attached hydrogen (secondary N) is 1. The summed E-state index contributed by atoms with van der Waals surface area (Å²) in [6, 6.07) is 10.0. The second-order valence-electron chi connectivity index (χ2n) is 7.30. The summed E-state index contributed by atoms with van der Waals surface area (Å²) in [5, 5.41) is 3.12. The molecule has 0 saturated carbocycles. The average molecular weight is 411 g/mol. The summed E-state index contributed by atoms with van der Waals surface area (Å²) in [6.07, 6.45) is 0. The van der Waals surface area contributed by atoms with Crippen molar-refractivity contribution in [3.8, 4) is 0 Å². The SMILES string of the molecule is Cc1cc2oc(=O)cc(COC(=O)CNC(=O)c3ccc(F)cc3)c2cc1C(C)C. The number of hydrogen-bond donors (Lipinski definition) is 1. The first-order valence-electron chi connectivity index (χ1n) is 9.51. The molecule has 1 amide bonds. The maximum Gasteiger partial charge on any atom is 0.336 e. The Hall–Kier alpha value is -3.48. The predicted molar refractivity (Wildman–Crippen MR) is 110 cm³/mol. The standard InChI is InChI=1S/C23H22FNO5/c1-13(2)18-10-19-16(9-21(26)30-20(19)8-14(18)3)12-29-22(27)11-25-23(28)15-4-6-17(24)7-5-15/h4-10,13H,11-12H2,1-3H3,(H,25,28). The minimum atomic E-state index is -0.664. The number of rotatable bonds is 6. The van der Waals surface area contributed by atoms with Crippen molar-refractivity contribution in [3.63, 3.8) is 0 Å². The smallest absolute Gasteiger partial charge is 0.336 e. The molecule has 30 heavy (non-hydrogen) atoms. The second-order valence-corrected chi connectivity index (χ2v) is 7.30. The molecule has 0 spiro atoms. The summed E-state index contributed by atoms with van der Waals surface area (Å²) in [5.41, 5.74) is 2.78. The van der Waals surface area contributed by atoms with Gasteiger partial charge >= 0.3 is 11.6 Å². The number of fused-ring (bicyclic) bond motifs is 1. The fraction of sp³-hybridized carbons (Fsp3) is 0.261. The lowest BCUT2D eigenvalue weighted by molar-refractivity contribution is -0.143. The van der Waals surface area contributed by atoms with Crippen LogP contribution in [0.15, 0.2) is 51.7 Å². The second kappa shape index (κ2) is 8.90.